The summed E-state index contributed by atoms with van der Waals surface area (Å²) in [5.41, 5.74) is 0. The lowest BCUT2D eigenvalue weighted by Gasteiger charge is -2.36. The number of halogens is 2. The molecule has 1 aliphatic heterocycles. The van der Waals surface area contributed by atoms with Crippen LogP contribution in [0, 0.1) is 0 Å². The van der Waals surface area contributed by atoms with Crippen LogP contribution in [0.2, 0.25) is 10.0 Å². The minimum absolute atomic E-state index is 0.563. The van der Waals surface area contributed by atoms with E-state index in [1.54, 1.807) is 6.07 Å². The Morgan fingerprint density at radius 3 is 2.42 bits per heavy atom. The van der Waals surface area contributed by atoms with Gasteiger partial charge in [-0.2, -0.15) is 0 Å². The fourth-order valence-corrected chi connectivity index (χ4v) is 3.17. The lowest BCUT2D eigenvalue weighted by molar-refractivity contribution is 0.247. The van der Waals surface area contributed by atoms with Crippen molar-refractivity contribution in [2.45, 2.75) is 18.9 Å². The van der Waals surface area contributed by atoms with Crippen LogP contribution in [0.4, 0.5) is 11.6 Å². The van der Waals surface area contributed by atoms with Gasteiger partial charge in [-0.3, -0.25) is 4.90 Å². The van der Waals surface area contributed by atoms with E-state index >= 15 is 0 Å². The molecule has 104 valence electrons. The van der Waals surface area contributed by atoms with E-state index in [2.05, 4.69) is 20.1 Å². The second-order valence-electron chi connectivity index (χ2n) is 5.13. The van der Waals surface area contributed by atoms with Gasteiger partial charge in [0.15, 0.2) is 0 Å². The quantitative estimate of drug-likeness (QED) is 0.930. The predicted octanol–water partition coefficient (Wildman–Crippen LogP) is 2.71. The van der Waals surface area contributed by atoms with Crippen molar-refractivity contribution in [2.24, 2.45) is 0 Å². The molecule has 19 heavy (non-hydrogen) atoms. The molecule has 1 saturated heterocycles. The third-order valence-electron chi connectivity index (χ3n) is 3.82. The number of aromatic nitrogens is 1. The maximum absolute atomic E-state index is 6.27. The summed E-state index contributed by atoms with van der Waals surface area (Å²) < 4.78 is 0. The van der Waals surface area contributed by atoms with Crippen LogP contribution in [0.5, 0.6) is 0 Å². The number of nitrogens with one attached hydrogen (secondary N) is 1. The van der Waals surface area contributed by atoms with E-state index in [4.69, 9.17) is 23.2 Å². The van der Waals surface area contributed by atoms with Crippen LogP contribution in [-0.2, 0) is 0 Å². The predicted molar refractivity (Wildman–Crippen MR) is 80.6 cm³/mol. The summed E-state index contributed by atoms with van der Waals surface area (Å²) in [4.78, 5) is 9.35. The normalized spacial score (nSPS) is 20.7. The molecular formula is C13H18Cl2N4. The van der Waals surface area contributed by atoms with E-state index in [0.717, 1.165) is 38.0 Å². The molecule has 1 N–H and O–H groups in total. The van der Waals surface area contributed by atoms with Crippen LogP contribution in [0.1, 0.15) is 12.8 Å². The summed E-state index contributed by atoms with van der Waals surface area (Å²) in [5.74, 6) is 1.52. The second kappa shape index (κ2) is 5.35. The van der Waals surface area contributed by atoms with Gasteiger partial charge >= 0.3 is 0 Å². The van der Waals surface area contributed by atoms with Gasteiger partial charge in [0, 0.05) is 39.3 Å². The molecule has 3 rings (SSSR count). The van der Waals surface area contributed by atoms with E-state index in [9.17, 15) is 0 Å². The van der Waals surface area contributed by atoms with Crippen molar-refractivity contribution in [3.05, 3.63) is 16.1 Å². The second-order valence-corrected chi connectivity index (χ2v) is 5.94. The maximum atomic E-state index is 6.27. The van der Waals surface area contributed by atoms with E-state index in [1.807, 2.05) is 7.05 Å². The third-order valence-corrected chi connectivity index (χ3v) is 4.39. The number of piperazine rings is 1. The van der Waals surface area contributed by atoms with E-state index in [-0.39, 0.29) is 0 Å². The van der Waals surface area contributed by atoms with Gasteiger partial charge in [0.2, 0.25) is 0 Å². The van der Waals surface area contributed by atoms with E-state index < -0.39 is 0 Å². The Morgan fingerprint density at radius 1 is 1.16 bits per heavy atom. The monoisotopic (exact) mass is 300 g/mol. The zero-order valence-electron chi connectivity index (χ0n) is 11.0. The molecule has 2 heterocycles. The highest BCUT2D eigenvalue weighted by Gasteiger charge is 2.31. The van der Waals surface area contributed by atoms with Gasteiger partial charge in [-0.15, -0.1) is 0 Å². The highest BCUT2D eigenvalue weighted by atomic mass is 35.5. The molecule has 0 bridgehead atoms. The fraction of sp³-hybridized carbons (Fsp3) is 0.615. The Kier molecular flexibility index (Phi) is 3.74. The van der Waals surface area contributed by atoms with Crippen molar-refractivity contribution < 1.29 is 0 Å². The average molecular weight is 301 g/mol. The van der Waals surface area contributed by atoms with Gasteiger partial charge in [0.25, 0.3) is 0 Å². The molecule has 0 spiro atoms. The summed E-state index contributed by atoms with van der Waals surface area (Å²) in [6.07, 6.45) is 2.73. The van der Waals surface area contributed by atoms with Crippen LogP contribution in [-0.4, -0.2) is 49.2 Å². The van der Waals surface area contributed by atoms with Crippen LogP contribution in [0.3, 0.4) is 0 Å². The zero-order chi connectivity index (χ0) is 13.4. The first-order valence-corrected chi connectivity index (χ1v) is 7.47. The number of hydrogen-bond acceptors (Lipinski definition) is 4. The smallest absolute Gasteiger partial charge is 0.150 e. The van der Waals surface area contributed by atoms with Crippen molar-refractivity contribution >= 4 is 34.8 Å². The average Bonchev–Trinajstić information content (AvgIpc) is 3.24. The van der Waals surface area contributed by atoms with E-state index in [0.29, 0.717) is 15.9 Å². The van der Waals surface area contributed by atoms with Gasteiger partial charge < -0.3 is 10.2 Å². The topological polar surface area (TPSA) is 31.4 Å². The number of nitrogens with zero attached hydrogens (tertiary/aromatic N) is 3. The van der Waals surface area contributed by atoms with Crippen molar-refractivity contribution in [1.29, 1.82) is 0 Å². The number of hydrogen-bond donors (Lipinski definition) is 1. The third kappa shape index (κ3) is 2.76. The number of rotatable bonds is 3. The molecule has 1 aromatic heterocycles. The molecule has 0 radical (unpaired) electrons. The lowest BCUT2D eigenvalue weighted by Crippen LogP contribution is -2.47. The van der Waals surface area contributed by atoms with Gasteiger partial charge in [0.1, 0.15) is 11.6 Å². The Morgan fingerprint density at radius 2 is 1.84 bits per heavy atom. The largest absolute Gasteiger partial charge is 0.372 e. The van der Waals surface area contributed by atoms with Crippen LogP contribution < -0.4 is 10.2 Å². The molecule has 4 nitrogen and oxygen atoms in total. The summed E-state index contributed by atoms with van der Waals surface area (Å²) in [6.45, 7) is 4.16. The molecule has 2 fully saturated rings. The molecule has 2 aliphatic rings. The van der Waals surface area contributed by atoms with Gasteiger partial charge in [-0.1, -0.05) is 23.2 Å². The molecule has 0 aromatic carbocycles. The number of pyridine rings is 1. The molecular weight excluding hydrogens is 283 g/mol. The van der Waals surface area contributed by atoms with Gasteiger partial charge in [-0.25, -0.2) is 4.98 Å². The first-order valence-electron chi connectivity index (χ1n) is 6.72. The van der Waals surface area contributed by atoms with E-state index in [1.165, 1.54) is 12.8 Å². The first kappa shape index (κ1) is 13.3. The maximum Gasteiger partial charge on any atom is 0.150 e. The summed E-state index contributed by atoms with van der Waals surface area (Å²) in [6, 6.07) is 2.61. The standard InChI is InChI=1S/C13H18Cl2N4/c1-16-12-10(14)8-11(15)13(17-12)19-6-4-18(5-7-19)9-2-3-9/h8-9H,2-7H2,1H3,(H,16,17). The molecule has 0 amide bonds. The van der Waals surface area contributed by atoms with Crippen molar-refractivity contribution in [2.75, 3.05) is 43.4 Å². The fourth-order valence-electron chi connectivity index (χ4n) is 2.59. The molecule has 1 aliphatic carbocycles. The zero-order valence-corrected chi connectivity index (χ0v) is 12.5. The molecule has 1 saturated carbocycles. The van der Waals surface area contributed by atoms with Crippen molar-refractivity contribution in [1.82, 2.24) is 9.88 Å². The summed E-state index contributed by atoms with van der Waals surface area (Å²) in [5, 5.41) is 4.19. The van der Waals surface area contributed by atoms with Crippen LogP contribution in [0.15, 0.2) is 6.07 Å². The Labute approximate surface area is 123 Å². The Balaban J connectivity index is 1.75. The van der Waals surface area contributed by atoms with Crippen LogP contribution >= 0.6 is 23.2 Å². The highest BCUT2D eigenvalue weighted by molar-refractivity contribution is 6.37. The minimum Gasteiger partial charge on any atom is -0.372 e. The summed E-state index contributed by atoms with van der Waals surface area (Å²) >= 11 is 12.4. The van der Waals surface area contributed by atoms with Crippen molar-refractivity contribution in [3.8, 4) is 0 Å². The van der Waals surface area contributed by atoms with Crippen molar-refractivity contribution in [3.63, 3.8) is 0 Å². The molecule has 6 heteroatoms. The Hall–Kier alpha value is -0.710. The minimum atomic E-state index is 0.563. The molecule has 0 atom stereocenters. The SMILES string of the molecule is CNc1nc(N2CCN(C3CC3)CC2)c(Cl)cc1Cl. The molecule has 1 aromatic rings. The highest BCUT2D eigenvalue weighted by Crippen LogP contribution is 2.33. The first-order chi connectivity index (χ1) is 9.19. The molecule has 0 unspecified atom stereocenters. The van der Waals surface area contributed by atoms with Crippen LogP contribution in [0.25, 0.3) is 0 Å². The summed E-state index contributed by atoms with van der Waals surface area (Å²) in [7, 11) is 1.82. The number of anilines is 2. The lowest BCUT2D eigenvalue weighted by atomic mass is 10.3. The Bertz CT molecular complexity index is 468. The van der Waals surface area contributed by atoms with Gasteiger partial charge in [0.05, 0.1) is 10.0 Å². The van der Waals surface area contributed by atoms with Gasteiger partial charge in [-0.05, 0) is 18.9 Å².